The number of hydrogen-bond acceptors (Lipinski definition) is 5. The highest BCUT2D eigenvalue weighted by Crippen LogP contribution is 2.24. The zero-order valence-electron chi connectivity index (χ0n) is 26.0. The number of carboxylic acid groups (broad SMARTS) is 2. The predicted octanol–water partition coefficient (Wildman–Crippen LogP) is 7.41. The fourth-order valence-corrected chi connectivity index (χ4v) is 5.70. The lowest BCUT2D eigenvalue weighted by Crippen LogP contribution is -2.46. The van der Waals surface area contributed by atoms with E-state index in [9.17, 15) is 19.1 Å². The first-order valence-electron chi connectivity index (χ1n) is 16.0. The molecule has 1 fully saturated rings. The normalized spacial score (nSPS) is 14.5. The van der Waals surface area contributed by atoms with Crippen molar-refractivity contribution in [2.75, 3.05) is 44.2 Å². The van der Waals surface area contributed by atoms with Crippen LogP contribution < -0.4 is 9.64 Å². The number of ether oxygens (including phenoxy) is 1. The van der Waals surface area contributed by atoms with Crippen LogP contribution in [0, 0.1) is 11.7 Å². The molecule has 0 bridgehead atoms. The van der Waals surface area contributed by atoms with Crippen molar-refractivity contribution in [2.45, 2.75) is 51.4 Å². The number of hydrogen-bond donors (Lipinski definition) is 2. The maximum Gasteiger partial charge on any atom is 0.335 e. The van der Waals surface area contributed by atoms with Gasteiger partial charge in [-0.3, -0.25) is 9.69 Å². The van der Waals surface area contributed by atoms with Gasteiger partial charge in [0.05, 0.1) is 12.2 Å². The summed E-state index contributed by atoms with van der Waals surface area (Å²) in [4.78, 5) is 27.0. The van der Waals surface area contributed by atoms with Crippen molar-refractivity contribution in [2.24, 2.45) is 5.92 Å². The molecule has 3 aromatic carbocycles. The van der Waals surface area contributed by atoms with Gasteiger partial charge in [-0.25, -0.2) is 9.18 Å². The number of allylic oxidation sites excluding steroid dienone is 1. The van der Waals surface area contributed by atoms with Gasteiger partial charge in [-0.15, -0.1) is 0 Å². The van der Waals surface area contributed by atoms with Crippen molar-refractivity contribution in [3.05, 3.63) is 101 Å². The Morgan fingerprint density at radius 1 is 0.844 bits per heavy atom. The minimum Gasteiger partial charge on any atom is -0.493 e. The molecule has 1 aliphatic rings. The lowest BCUT2D eigenvalue weighted by Gasteiger charge is -2.36. The number of anilines is 1. The molecule has 0 radical (unpaired) electrons. The Morgan fingerprint density at radius 2 is 1.58 bits per heavy atom. The average Bonchev–Trinajstić information content (AvgIpc) is 3.04. The molecule has 3 aromatic rings. The van der Waals surface area contributed by atoms with Crippen molar-refractivity contribution in [1.29, 1.82) is 0 Å². The van der Waals surface area contributed by atoms with E-state index in [-0.39, 0.29) is 23.7 Å². The molecule has 45 heavy (non-hydrogen) atoms. The SMILES string of the molecule is O=C(O)CCCCC(/C=C/c1ccccc1OCCCCCN1CCN(c2ccc(F)cc2)CC1)Cc1ccc(C(=O)O)cc1. The Balaban J connectivity index is 1.21. The molecule has 1 heterocycles. The fourth-order valence-electron chi connectivity index (χ4n) is 5.70. The van der Waals surface area contributed by atoms with Crippen LogP contribution in [-0.2, 0) is 11.2 Å². The van der Waals surface area contributed by atoms with Crippen LogP contribution in [0.4, 0.5) is 10.1 Å². The molecule has 2 N–H and O–H groups in total. The van der Waals surface area contributed by atoms with Gasteiger partial charge in [0.1, 0.15) is 11.6 Å². The smallest absolute Gasteiger partial charge is 0.335 e. The van der Waals surface area contributed by atoms with Gasteiger partial charge in [0.15, 0.2) is 0 Å². The van der Waals surface area contributed by atoms with E-state index in [1.807, 2.05) is 48.5 Å². The average molecular weight is 617 g/mol. The Labute approximate surface area is 265 Å². The number of nitrogens with zero attached hydrogens (tertiary/aromatic N) is 2. The molecule has 1 atom stereocenters. The molecular formula is C37H45FN2O5. The molecule has 0 amide bonds. The number of halogens is 1. The van der Waals surface area contributed by atoms with E-state index in [1.165, 1.54) is 12.1 Å². The largest absolute Gasteiger partial charge is 0.493 e. The van der Waals surface area contributed by atoms with Crippen molar-refractivity contribution in [3.63, 3.8) is 0 Å². The van der Waals surface area contributed by atoms with Crippen LogP contribution in [-0.4, -0.2) is 66.4 Å². The third-order valence-corrected chi connectivity index (χ3v) is 8.32. The third-order valence-electron chi connectivity index (χ3n) is 8.32. The van der Waals surface area contributed by atoms with E-state index < -0.39 is 11.9 Å². The summed E-state index contributed by atoms with van der Waals surface area (Å²) in [5, 5.41) is 18.2. The van der Waals surface area contributed by atoms with Gasteiger partial charge in [0.25, 0.3) is 0 Å². The summed E-state index contributed by atoms with van der Waals surface area (Å²) in [6.45, 7) is 5.67. The first-order valence-corrected chi connectivity index (χ1v) is 16.0. The van der Waals surface area contributed by atoms with E-state index in [0.717, 1.165) is 93.8 Å². The second-order valence-corrected chi connectivity index (χ2v) is 11.7. The van der Waals surface area contributed by atoms with Gasteiger partial charge in [-0.05, 0) is 99.0 Å². The lowest BCUT2D eigenvalue weighted by atomic mass is 9.92. The quantitative estimate of drug-likeness (QED) is 0.144. The fraction of sp³-hybridized carbons (Fsp3) is 0.405. The van der Waals surface area contributed by atoms with Crippen molar-refractivity contribution >= 4 is 23.7 Å². The molecule has 7 nitrogen and oxygen atoms in total. The molecule has 0 aromatic heterocycles. The highest BCUT2D eigenvalue weighted by molar-refractivity contribution is 5.87. The second kappa shape index (κ2) is 18.0. The molecule has 1 saturated heterocycles. The Hall–Kier alpha value is -4.17. The number of aliphatic carboxylic acids is 1. The number of carbonyl (C=O) groups is 2. The van der Waals surface area contributed by atoms with Crippen molar-refractivity contribution in [3.8, 4) is 5.75 Å². The van der Waals surface area contributed by atoms with E-state index in [2.05, 4.69) is 22.0 Å². The summed E-state index contributed by atoms with van der Waals surface area (Å²) >= 11 is 0. The van der Waals surface area contributed by atoms with Crippen LogP contribution in [0.3, 0.4) is 0 Å². The van der Waals surface area contributed by atoms with Gasteiger partial charge in [-0.1, -0.05) is 48.9 Å². The highest BCUT2D eigenvalue weighted by Gasteiger charge is 2.17. The predicted molar refractivity (Wildman–Crippen MR) is 177 cm³/mol. The number of rotatable bonds is 18. The molecule has 1 unspecified atom stereocenters. The van der Waals surface area contributed by atoms with Crippen LogP contribution in [0.25, 0.3) is 6.08 Å². The van der Waals surface area contributed by atoms with Crippen LogP contribution in [0.1, 0.15) is 66.4 Å². The zero-order chi connectivity index (χ0) is 31.9. The minimum atomic E-state index is -0.943. The van der Waals surface area contributed by atoms with Crippen LogP contribution in [0.15, 0.2) is 78.9 Å². The standard InChI is InChI=1S/C37H45FN2O5/c38-33-18-20-34(21-19-33)40-25-23-39(24-26-40)22-6-1-7-27-45-35-10-4-3-9-31(35)15-12-29(8-2-5-11-36(41)42)28-30-13-16-32(17-14-30)37(43)44/h3-4,9-10,12-21,29H,1-2,5-8,11,22-28H2,(H,41,42)(H,43,44)/b15-12+. The summed E-state index contributed by atoms with van der Waals surface area (Å²) < 4.78 is 19.4. The summed E-state index contributed by atoms with van der Waals surface area (Å²) in [6.07, 6.45) is 10.6. The number of benzene rings is 3. The molecule has 1 aliphatic heterocycles. The number of aromatic carboxylic acids is 1. The maximum atomic E-state index is 13.2. The summed E-state index contributed by atoms with van der Waals surface area (Å²) in [7, 11) is 0. The Kier molecular flexibility index (Phi) is 13.5. The van der Waals surface area contributed by atoms with E-state index in [0.29, 0.717) is 13.0 Å². The molecule has 0 saturated carbocycles. The highest BCUT2D eigenvalue weighted by atomic mass is 19.1. The molecule has 0 spiro atoms. The van der Waals surface area contributed by atoms with Gasteiger partial charge < -0.3 is 19.8 Å². The van der Waals surface area contributed by atoms with E-state index in [1.54, 1.807) is 12.1 Å². The molecule has 0 aliphatic carbocycles. The zero-order valence-corrected chi connectivity index (χ0v) is 26.0. The third kappa shape index (κ3) is 11.7. The van der Waals surface area contributed by atoms with Gasteiger partial charge in [-0.2, -0.15) is 0 Å². The van der Waals surface area contributed by atoms with E-state index >= 15 is 0 Å². The first kappa shape index (κ1) is 33.7. The first-order chi connectivity index (χ1) is 21.9. The molecular weight excluding hydrogens is 571 g/mol. The number of unbranched alkanes of at least 4 members (excludes halogenated alkanes) is 3. The topological polar surface area (TPSA) is 90.3 Å². The number of carboxylic acids is 2. The summed E-state index contributed by atoms with van der Waals surface area (Å²) in [5.41, 5.74) is 3.40. The second-order valence-electron chi connectivity index (χ2n) is 11.7. The lowest BCUT2D eigenvalue weighted by molar-refractivity contribution is -0.137. The minimum absolute atomic E-state index is 0.161. The number of piperazine rings is 1. The van der Waals surface area contributed by atoms with Gasteiger partial charge in [0, 0.05) is 43.9 Å². The Bertz CT molecular complexity index is 1370. The van der Waals surface area contributed by atoms with Gasteiger partial charge >= 0.3 is 11.9 Å². The molecule has 4 rings (SSSR count). The van der Waals surface area contributed by atoms with Gasteiger partial charge in [0.2, 0.25) is 0 Å². The maximum absolute atomic E-state index is 13.2. The van der Waals surface area contributed by atoms with Crippen LogP contribution in [0.5, 0.6) is 5.75 Å². The summed E-state index contributed by atoms with van der Waals surface area (Å²) in [5.74, 6) is -0.892. The Morgan fingerprint density at radius 3 is 2.29 bits per heavy atom. The van der Waals surface area contributed by atoms with Crippen LogP contribution in [0.2, 0.25) is 0 Å². The summed E-state index contributed by atoms with van der Waals surface area (Å²) in [6, 6.07) is 21.7. The van der Waals surface area contributed by atoms with Crippen LogP contribution >= 0.6 is 0 Å². The molecule has 8 heteroatoms. The number of para-hydroxylation sites is 1. The molecule has 240 valence electrons. The van der Waals surface area contributed by atoms with Crippen molar-refractivity contribution < 1.29 is 28.9 Å². The monoisotopic (exact) mass is 616 g/mol. The van der Waals surface area contributed by atoms with E-state index in [4.69, 9.17) is 9.84 Å². The van der Waals surface area contributed by atoms with Crippen molar-refractivity contribution in [1.82, 2.24) is 4.90 Å².